The highest BCUT2D eigenvalue weighted by atomic mass is 35.5. The van der Waals surface area contributed by atoms with E-state index in [1.165, 1.54) is 17.5 Å². The fraction of sp³-hybridized carbons (Fsp3) is 0.692. The summed E-state index contributed by atoms with van der Waals surface area (Å²) in [7, 11) is 4.01. The summed E-state index contributed by atoms with van der Waals surface area (Å²) in [5.74, 6) is 0.611. The van der Waals surface area contributed by atoms with Gasteiger partial charge in [0.15, 0.2) is 0 Å². The van der Waals surface area contributed by atoms with Crippen molar-refractivity contribution < 1.29 is 0 Å². The van der Waals surface area contributed by atoms with Gasteiger partial charge < -0.3 is 10.2 Å². The van der Waals surface area contributed by atoms with Crippen LogP contribution in [0, 0.1) is 5.92 Å². The summed E-state index contributed by atoms with van der Waals surface area (Å²) in [4.78, 5) is 14.4. The Morgan fingerprint density at radius 3 is 2.84 bits per heavy atom. The third-order valence-corrected chi connectivity index (χ3v) is 3.87. The smallest absolute Gasteiger partial charge is 0.291 e. The molecular weight excluding hydrogens is 264 g/mol. The molecule has 0 radical (unpaired) electrons. The van der Waals surface area contributed by atoms with E-state index in [4.69, 9.17) is 11.6 Å². The van der Waals surface area contributed by atoms with Crippen LogP contribution in [-0.2, 0) is 6.54 Å². The van der Waals surface area contributed by atoms with Crippen molar-refractivity contribution in [2.45, 2.75) is 32.4 Å². The van der Waals surface area contributed by atoms with Gasteiger partial charge in [0.25, 0.3) is 5.56 Å². The van der Waals surface area contributed by atoms with Crippen molar-refractivity contribution in [1.82, 2.24) is 14.7 Å². The third-order valence-electron chi connectivity index (χ3n) is 3.58. The van der Waals surface area contributed by atoms with Crippen LogP contribution < -0.4 is 10.9 Å². The number of likely N-dealkylation sites (N-methyl/N-ethyl adjacent to an activating group) is 1. The number of halogens is 1. The molecule has 1 atom stereocenters. The number of anilines is 1. The number of rotatable bonds is 6. The van der Waals surface area contributed by atoms with Crippen molar-refractivity contribution in [3.63, 3.8) is 0 Å². The average molecular weight is 285 g/mol. The van der Waals surface area contributed by atoms with Gasteiger partial charge in [-0.05, 0) is 39.8 Å². The molecule has 1 aliphatic carbocycles. The molecular formula is C13H21ClN4O. The number of nitrogens with zero attached hydrogens (tertiary/aromatic N) is 3. The largest absolute Gasteiger partial charge is 0.378 e. The van der Waals surface area contributed by atoms with E-state index in [-0.39, 0.29) is 5.56 Å². The van der Waals surface area contributed by atoms with Crippen molar-refractivity contribution in [3.05, 3.63) is 21.6 Å². The Balaban J connectivity index is 2.11. The zero-order valence-electron chi connectivity index (χ0n) is 11.7. The molecule has 1 heterocycles. The maximum absolute atomic E-state index is 12.3. The highest BCUT2D eigenvalue weighted by Crippen LogP contribution is 2.30. The van der Waals surface area contributed by atoms with Crippen molar-refractivity contribution in [1.29, 1.82) is 0 Å². The first kappa shape index (κ1) is 14.3. The number of aromatic nitrogens is 2. The predicted molar refractivity (Wildman–Crippen MR) is 77.9 cm³/mol. The van der Waals surface area contributed by atoms with Gasteiger partial charge in [-0.25, -0.2) is 4.68 Å². The second-order valence-electron chi connectivity index (χ2n) is 5.49. The van der Waals surface area contributed by atoms with Crippen LogP contribution in [0.25, 0.3) is 0 Å². The molecule has 106 valence electrons. The quantitative estimate of drug-likeness (QED) is 0.863. The van der Waals surface area contributed by atoms with Gasteiger partial charge in [0.2, 0.25) is 0 Å². The van der Waals surface area contributed by atoms with Gasteiger partial charge in [0, 0.05) is 19.1 Å². The fourth-order valence-electron chi connectivity index (χ4n) is 1.74. The number of hydrogen-bond acceptors (Lipinski definition) is 4. The molecule has 0 aromatic carbocycles. The zero-order chi connectivity index (χ0) is 14.0. The molecule has 0 bridgehead atoms. The van der Waals surface area contributed by atoms with E-state index in [2.05, 4.69) is 22.2 Å². The lowest BCUT2D eigenvalue weighted by Crippen LogP contribution is -2.34. The molecule has 0 aliphatic heterocycles. The zero-order valence-corrected chi connectivity index (χ0v) is 12.4. The molecule has 0 amide bonds. The van der Waals surface area contributed by atoms with Crippen LogP contribution in [0.3, 0.4) is 0 Å². The highest BCUT2D eigenvalue weighted by Gasteiger charge is 2.23. The Labute approximate surface area is 118 Å². The summed E-state index contributed by atoms with van der Waals surface area (Å²) in [5, 5.41) is 7.64. The van der Waals surface area contributed by atoms with Crippen molar-refractivity contribution in [3.8, 4) is 0 Å². The Kier molecular flexibility index (Phi) is 4.47. The summed E-state index contributed by atoms with van der Waals surface area (Å²) >= 11 is 6.06. The maximum atomic E-state index is 12.3. The lowest BCUT2D eigenvalue weighted by molar-refractivity contribution is 0.326. The Hall–Kier alpha value is -1.07. The van der Waals surface area contributed by atoms with Gasteiger partial charge in [-0.15, -0.1) is 0 Å². The van der Waals surface area contributed by atoms with E-state index < -0.39 is 0 Å². The number of nitrogens with one attached hydrogen (secondary N) is 1. The van der Waals surface area contributed by atoms with Crippen LogP contribution in [0.5, 0.6) is 0 Å². The van der Waals surface area contributed by atoms with E-state index in [1.54, 1.807) is 6.20 Å². The van der Waals surface area contributed by atoms with Gasteiger partial charge in [0.1, 0.15) is 5.69 Å². The van der Waals surface area contributed by atoms with Gasteiger partial charge in [-0.3, -0.25) is 4.79 Å². The summed E-state index contributed by atoms with van der Waals surface area (Å²) in [5.41, 5.74) is 0.344. The Morgan fingerprint density at radius 1 is 1.58 bits per heavy atom. The SMILES string of the molecule is CC(CNc1c(Cl)cnn(CC2CC2)c1=O)N(C)C. The Bertz CT molecular complexity index is 496. The first-order chi connectivity index (χ1) is 8.99. The first-order valence-electron chi connectivity index (χ1n) is 6.65. The third kappa shape index (κ3) is 3.70. The molecule has 1 saturated carbocycles. The van der Waals surface area contributed by atoms with Crippen LogP contribution in [0.1, 0.15) is 19.8 Å². The van der Waals surface area contributed by atoms with Gasteiger partial charge in [-0.2, -0.15) is 5.10 Å². The summed E-state index contributed by atoms with van der Waals surface area (Å²) < 4.78 is 1.52. The maximum Gasteiger partial charge on any atom is 0.291 e. The van der Waals surface area contributed by atoms with Crippen LogP contribution in [0.15, 0.2) is 11.0 Å². The average Bonchev–Trinajstić information content (AvgIpc) is 3.16. The predicted octanol–water partition coefficient (Wildman–Crippen LogP) is 1.67. The van der Waals surface area contributed by atoms with Crippen LogP contribution in [-0.4, -0.2) is 41.4 Å². The second-order valence-corrected chi connectivity index (χ2v) is 5.90. The summed E-state index contributed by atoms with van der Waals surface area (Å²) in [6, 6.07) is 0.320. The lowest BCUT2D eigenvalue weighted by atomic mass is 10.3. The standard InChI is InChI=1S/C13H21ClN4O/c1-9(17(2)3)6-15-12-11(14)7-16-18(13(12)19)8-10-4-5-10/h7,9-10,15H,4-6,8H2,1-3H3. The first-order valence-corrected chi connectivity index (χ1v) is 7.02. The molecule has 1 aliphatic rings. The van der Waals surface area contributed by atoms with Crippen molar-refractivity contribution in [2.75, 3.05) is 26.0 Å². The molecule has 1 aromatic heterocycles. The van der Waals surface area contributed by atoms with Gasteiger partial charge in [0.05, 0.1) is 11.2 Å². The van der Waals surface area contributed by atoms with E-state index in [0.717, 1.165) is 0 Å². The Morgan fingerprint density at radius 2 is 2.26 bits per heavy atom. The van der Waals surface area contributed by atoms with Crippen LogP contribution in [0.4, 0.5) is 5.69 Å². The molecule has 1 N–H and O–H groups in total. The molecule has 1 fully saturated rings. The molecule has 19 heavy (non-hydrogen) atoms. The molecule has 0 saturated heterocycles. The minimum absolute atomic E-state index is 0.120. The molecule has 5 nitrogen and oxygen atoms in total. The van der Waals surface area contributed by atoms with E-state index >= 15 is 0 Å². The highest BCUT2D eigenvalue weighted by molar-refractivity contribution is 6.32. The molecule has 2 rings (SSSR count). The minimum atomic E-state index is -0.120. The fourth-order valence-corrected chi connectivity index (χ4v) is 1.93. The monoisotopic (exact) mass is 284 g/mol. The topological polar surface area (TPSA) is 50.2 Å². The number of hydrogen-bond donors (Lipinski definition) is 1. The van der Waals surface area contributed by atoms with Crippen LogP contribution >= 0.6 is 11.6 Å². The molecule has 0 spiro atoms. The van der Waals surface area contributed by atoms with Gasteiger partial charge in [-0.1, -0.05) is 11.6 Å². The summed E-state index contributed by atoms with van der Waals surface area (Å²) in [6.07, 6.45) is 3.93. The van der Waals surface area contributed by atoms with Crippen LogP contribution in [0.2, 0.25) is 5.02 Å². The van der Waals surface area contributed by atoms with E-state index in [0.29, 0.717) is 35.8 Å². The van der Waals surface area contributed by atoms with Crippen molar-refractivity contribution >= 4 is 17.3 Å². The van der Waals surface area contributed by atoms with Crippen molar-refractivity contribution in [2.24, 2.45) is 5.92 Å². The lowest BCUT2D eigenvalue weighted by Gasteiger charge is -2.20. The van der Waals surface area contributed by atoms with E-state index in [9.17, 15) is 4.79 Å². The normalized spacial score (nSPS) is 16.7. The van der Waals surface area contributed by atoms with Gasteiger partial charge >= 0.3 is 0 Å². The molecule has 1 unspecified atom stereocenters. The molecule has 6 heteroatoms. The summed E-state index contributed by atoms with van der Waals surface area (Å²) in [6.45, 7) is 3.47. The minimum Gasteiger partial charge on any atom is -0.378 e. The molecule has 1 aromatic rings. The second kappa shape index (κ2) is 5.92. The van der Waals surface area contributed by atoms with E-state index in [1.807, 2.05) is 14.1 Å².